The minimum absolute atomic E-state index is 0.333. The van der Waals surface area contributed by atoms with Gasteiger partial charge in [-0.3, -0.25) is 4.98 Å². The summed E-state index contributed by atoms with van der Waals surface area (Å²) >= 11 is 2.80. The molecule has 3 aromatic heterocycles. The van der Waals surface area contributed by atoms with E-state index in [0.717, 1.165) is 21.1 Å². The highest BCUT2D eigenvalue weighted by atomic mass is 32.2. The van der Waals surface area contributed by atoms with Crippen LogP contribution in [0.5, 0.6) is 0 Å². The van der Waals surface area contributed by atoms with E-state index in [0.29, 0.717) is 17.2 Å². The second-order valence-electron chi connectivity index (χ2n) is 4.88. The lowest BCUT2D eigenvalue weighted by atomic mass is 10.2. The quantitative estimate of drug-likeness (QED) is 0.728. The van der Waals surface area contributed by atoms with E-state index >= 15 is 0 Å². The Hall–Kier alpha value is -1.61. The Kier molecular flexibility index (Phi) is 4.86. The molecule has 0 atom stereocenters. The van der Waals surface area contributed by atoms with Crippen molar-refractivity contribution in [1.29, 1.82) is 0 Å². The number of hydrogen-bond donors (Lipinski definition) is 1. The topological polar surface area (TPSA) is 72.0 Å². The van der Waals surface area contributed by atoms with E-state index in [1.54, 1.807) is 24.5 Å². The van der Waals surface area contributed by atoms with Gasteiger partial charge in [0.15, 0.2) is 0 Å². The van der Waals surface area contributed by atoms with Crippen LogP contribution in [-0.2, 0) is 16.4 Å². The summed E-state index contributed by atoms with van der Waals surface area (Å²) in [6.45, 7) is 2.22. The van der Waals surface area contributed by atoms with Crippen molar-refractivity contribution in [1.82, 2.24) is 14.7 Å². The number of nitrogens with one attached hydrogen (secondary N) is 1. The van der Waals surface area contributed by atoms with Crippen LogP contribution in [0.4, 0.5) is 0 Å². The zero-order valence-electron chi connectivity index (χ0n) is 12.4. The SMILES string of the molecule is Cc1ccc(S(=O)(=O)NCCc2nc(-c3cccnc3)cs2)s1. The van der Waals surface area contributed by atoms with Crippen LogP contribution >= 0.6 is 22.7 Å². The molecule has 1 N–H and O–H groups in total. The van der Waals surface area contributed by atoms with Crippen molar-refractivity contribution in [3.05, 3.63) is 51.9 Å². The molecule has 23 heavy (non-hydrogen) atoms. The first-order valence-corrected chi connectivity index (χ1v) is 10.1. The molecule has 3 heterocycles. The van der Waals surface area contributed by atoms with Gasteiger partial charge in [0.2, 0.25) is 10.0 Å². The van der Waals surface area contributed by atoms with Crippen LogP contribution < -0.4 is 4.72 Å². The summed E-state index contributed by atoms with van der Waals surface area (Å²) in [7, 11) is -3.42. The lowest BCUT2D eigenvalue weighted by Gasteiger charge is -2.03. The number of pyridine rings is 1. The zero-order chi connectivity index (χ0) is 16.3. The summed E-state index contributed by atoms with van der Waals surface area (Å²) in [5, 5.41) is 2.86. The highest BCUT2D eigenvalue weighted by molar-refractivity contribution is 7.91. The zero-order valence-corrected chi connectivity index (χ0v) is 14.8. The van der Waals surface area contributed by atoms with Crippen LogP contribution in [0.15, 0.2) is 46.2 Å². The summed E-state index contributed by atoms with van der Waals surface area (Å²) in [4.78, 5) is 9.58. The highest BCUT2D eigenvalue weighted by Gasteiger charge is 2.15. The van der Waals surface area contributed by atoms with E-state index < -0.39 is 10.0 Å². The molecule has 5 nitrogen and oxygen atoms in total. The molecule has 0 unspecified atom stereocenters. The summed E-state index contributed by atoms with van der Waals surface area (Å²) in [5.74, 6) is 0. The van der Waals surface area contributed by atoms with Crippen molar-refractivity contribution in [2.24, 2.45) is 0 Å². The van der Waals surface area contributed by atoms with E-state index in [9.17, 15) is 8.42 Å². The average molecular weight is 366 g/mol. The van der Waals surface area contributed by atoms with Gasteiger partial charge in [-0.25, -0.2) is 18.1 Å². The molecular formula is C15H15N3O2S3. The maximum Gasteiger partial charge on any atom is 0.250 e. The Balaban J connectivity index is 1.60. The van der Waals surface area contributed by atoms with Crippen molar-refractivity contribution in [2.75, 3.05) is 6.54 Å². The molecule has 0 saturated carbocycles. The summed E-state index contributed by atoms with van der Waals surface area (Å²) < 4.78 is 27.2. The van der Waals surface area contributed by atoms with Gasteiger partial charge in [0.25, 0.3) is 0 Å². The smallest absolute Gasteiger partial charge is 0.250 e. The van der Waals surface area contributed by atoms with Crippen molar-refractivity contribution in [3.63, 3.8) is 0 Å². The number of aromatic nitrogens is 2. The Morgan fingerprint density at radius 1 is 1.26 bits per heavy atom. The molecule has 120 valence electrons. The van der Waals surface area contributed by atoms with Crippen LogP contribution in [0, 0.1) is 6.92 Å². The molecule has 0 aliphatic heterocycles. The predicted octanol–water partition coefficient (Wildman–Crippen LogP) is 3.10. The van der Waals surface area contributed by atoms with Gasteiger partial charge in [-0.15, -0.1) is 22.7 Å². The predicted molar refractivity (Wildman–Crippen MR) is 93.3 cm³/mol. The minimum Gasteiger partial charge on any atom is -0.264 e. The number of rotatable bonds is 6. The van der Waals surface area contributed by atoms with Crippen LogP contribution in [0.25, 0.3) is 11.3 Å². The maximum atomic E-state index is 12.1. The molecule has 0 aromatic carbocycles. The molecule has 0 fully saturated rings. The van der Waals surface area contributed by atoms with Crippen molar-refractivity contribution in [2.45, 2.75) is 17.6 Å². The van der Waals surface area contributed by atoms with Gasteiger partial charge in [-0.1, -0.05) is 0 Å². The first-order valence-electron chi connectivity index (χ1n) is 6.95. The van der Waals surface area contributed by atoms with E-state index in [4.69, 9.17) is 0 Å². The average Bonchev–Trinajstić information content (AvgIpc) is 3.17. The molecule has 0 aliphatic carbocycles. The van der Waals surface area contributed by atoms with Crippen molar-refractivity contribution in [3.8, 4) is 11.3 Å². The molecule has 3 aromatic rings. The first-order chi connectivity index (χ1) is 11.0. The number of aryl methyl sites for hydroxylation is 1. The van der Waals surface area contributed by atoms with E-state index in [1.807, 2.05) is 24.4 Å². The molecule has 0 aliphatic rings. The van der Waals surface area contributed by atoms with Crippen LogP contribution in [0.3, 0.4) is 0 Å². The number of hydrogen-bond acceptors (Lipinski definition) is 6. The lowest BCUT2D eigenvalue weighted by molar-refractivity contribution is 0.583. The van der Waals surface area contributed by atoms with E-state index in [1.165, 1.54) is 22.7 Å². The molecule has 0 spiro atoms. The van der Waals surface area contributed by atoms with Gasteiger partial charge in [0, 0.05) is 41.2 Å². The highest BCUT2D eigenvalue weighted by Crippen LogP contribution is 2.22. The molecule has 0 saturated heterocycles. The van der Waals surface area contributed by atoms with Crippen LogP contribution in [0.2, 0.25) is 0 Å². The second-order valence-corrected chi connectivity index (χ2v) is 9.11. The van der Waals surface area contributed by atoms with E-state index in [-0.39, 0.29) is 0 Å². The fraction of sp³-hybridized carbons (Fsp3) is 0.200. The third-order valence-electron chi connectivity index (χ3n) is 3.12. The molecule has 0 amide bonds. The number of thiophene rings is 1. The Bertz CT molecular complexity index is 886. The fourth-order valence-corrected chi connectivity index (χ4v) is 5.16. The lowest BCUT2D eigenvalue weighted by Crippen LogP contribution is -2.25. The minimum atomic E-state index is -3.42. The molecular weight excluding hydrogens is 350 g/mol. The first kappa shape index (κ1) is 16.3. The van der Waals surface area contributed by atoms with Gasteiger partial charge >= 0.3 is 0 Å². The molecule has 0 radical (unpaired) electrons. The van der Waals surface area contributed by atoms with Gasteiger partial charge in [-0.05, 0) is 31.2 Å². The Morgan fingerprint density at radius 3 is 2.83 bits per heavy atom. The summed E-state index contributed by atoms with van der Waals surface area (Å²) in [6, 6.07) is 7.26. The number of sulfonamides is 1. The summed E-state index contributed by atoms with van der Waals surface area (Å²) in [6.07, 6.45) is 4.05. The van der Waals surface area contributed by atoms with Crippen LogP contribution in [-0.4, -0.2) is 24.9 Å². The van der Waals surface area contributed by atoms with Crippen molar-refractivity contribution < 1.29 is 8.42 Å². The van der Waals surface area contributed by atoms with Crippen LogP contribution in [0.1, 0.15) is 9.88 Å². The standard InChI is InChI=1S/C15H15N3O2S3/c1-11-4-5-15(22-11)23(19,20)17-8-6-14-18-13(10-21-14)12-3-2-7-16-9-12/h2-5,7,9-10,17H,6,8H2,1H3. The number of thiazole rings is 1. The number of nitrogens with zero attached hydrogens (tertiary/aromatic N) is 2. The normalized spacial score (nSPS) is 11.7. The van der Waals surface area contributed by atoms with Gasteiger partial charge in [0.1, 0.15) is 4.21 Å². The van der Waals surface area contributed by atoms with Crippen molar-refractivity contribution >= 4 is 32.7 Å². The third-order valence-corrected chi connectivity index (χ3v) is 6.98. The summed E-state index contributed by atoms with van der Waals surface area (Å²) in [5.41, 5.74) is 1.83. The van der Waals surface area contributed by atoms with Gasteiger partial charge in [-0.2, -0.15) is 0 Å². The fourth-order valence-electron chi connectivity index (χ4n) is 1.99. The monoisotopic (exact) mass is 365 g/mol. The molecule has 0 bridgehead atoms. The Morgan fingerprint density at radius 2 is 2.13 bits per heavy atom. The maximum absolute atomic E-state index is 12.1. The molecule has 3 rings (SSSR count). The van der Waals surface area contributed by atoms with Gasteiger partial charge < -0.3 is 0 Å². The second kappa shape index (κ2) is 6.88. The van der Waals surface area contributed by atoms with Gasteiger partial charge in [0.05, 0.1) is 10.7 Å². The van der Waals surface area contributed by atoms with E-state index in [2.05, 4.69) is 14.7 Å². The molecule has 8 heteroatoms. The third kappa shape index (κ3) is 4.03. The largest absolute Gasteiger partial charge is 0.264 e. The Labute approximate surface area is 143 Å².